The third kappa shape index (κ3) is 4.11. The Bertz CT molecular complexity index is 1670. The first-order chi connectivity index (χ1) is 19.3. The fraction of sp³-hybridized carbons (Fsp3) is 0.407. The molecule has 0 atom stereocenters. The van der Waals surface area contributed by atoms with Crippen LogP contribution in [-0.2, 0) is 11.8 Å². The zero-order chi connectivity index (χ0) is 27.6. The summed E-state index contributed by atoms with van der Waals surface area (Å²) < 4.78 is 16.9. The summed E-state index contributed by atoms with van der Waals surface area (Å²) in [6.07, 6.45) is 3.75. The average Bonchev–Trinajstić information content (AvgIpc) is 3.33. The van der Waals surface area contributed by atoms with Crippen molar-refractivity contribution in [3.05, 3.63) is 52.5 Å². The Morgan fingerprint density at radius 3 is 2.67 bits per heavy atom. The number of fused-ring (bicyclic) bond motifs is 1. The van der Waals surface area contributed by atoms with E-state index in [9.17, 15) is 14.0 Å². The first-order valence-electron chi connectivity index (χ1n) is 13.3. The fourth-order valence-electron chi connectivity index (χ4n) is 5.96. The van der Waals surface area contributed by atoms with Crippen LogP contribution in [0.1, 0.15) is 18.5 Å². The number of carbonyl (C=O) groups excluding carboxylic acids is 1. The highest BCUT2D eigenvalue weighted by atomic mass is 32.1. The number of thiophene rings is 1. The summed E-state index contributed by atoms with van der Waals surface area (Å²) in [5.41, 5.74) is 2.08. The van der Waals surface area contributed by atoms with E-state index < -0.39 is 5.82 Å². The van der Waals surface area contributed by atoms with Crippen LogP contribution in [0.2, 0.25) is 0 Å². The van der Waals surface area contributed by atoms with Crippen LogP contribution in [0.15, 0.2) is 35.4 Å². The number of rotatable bonds is 7. The first-order valence-corrected chi connectivity index (χ1v) is 14.1. The summed E-state index contributed by atoms with van der Waals surface area (Å²) in [5.74, 6) is 0.192. The van der Waals surface area contributed by atoms with Gasteiger partial charge in [0.1, 0.15) is 11.5 Å². The lowest BCUT2D eigenvalue weighted by atomic mass is 9.72. The molecule has 0 unspecified atom stereocenters. The maximum atomic E-state index is 15.0. The maximum Gasteiger partial charge on any atom is 0.275 e. The highest BCUT2D eigenvalue weighted by Crippen LogP contribution is 2.42. The van der Waals surface area contributed by atoms with Crippen LogP contribution in [0.3, 0.4) is 0 Å². The molecule has 0 aliphatic carbocycles. The van der Waals surface area contributed by atoms with Crippen molar-refractivity contribution in [3.8, 4) is 10.6 Å². The average molecular weight is 562 g/mol. The van der Waals surface area contributed by atoms with Crippen LogP contribution in [0, 0.1) is 11.2 Å². The van der Waals surface area contributed by atoms with Gasteiger partial charge in [0.2, 0.25) is 12.4 Å². The minimum absolute atomic E-state index is 0.0223. The molecule has 0 aromatic carbocycles. The molecule has 3 aliphatic heterocycles. The molecule has 1 amide bonds. The standard InChI is InChI=1S/C27H28FN9O2S/c1-3-35-11-27(12-35)13-37(14-27)17-4-5-21(29-7-17)31-26-30-8-19(28)23(32-26)20-6-18-24(40-20)22(33-34(2)25(18)39)16-9-36(10-16)15-38/h4-8,15-16H,3,9-14H2,1-2H3,(H,29,30,31,32). The van der Waals surface area contributed by atoms with E-state index in [0.29, 0.717) is 39.3 Å². The van der Waals surface area contributed by atoms with Gasteiger partial charge in [-0.1, -0.05) is 6.92 Å². The monoisotopic (exact) mass is 561 g/mol. The van der Waals surface area contributed by atoms with E-state index in [-0.39, 0.29) is 23.1 Å². The number of aryl methyl sites for hydroxylation is 1. The molecular formula is C27H28FN9O2S. The quantitative estimate of drug-likeness (QED) is 0.340. The minimum Gasteiger partial charge on any atom is -0.369 e. The normalized spacial score (nSPS) is 18.5. The molecule has 4 aromatic heterocycles. The molecule has 0 bridgehead atoms. The molecule has 13 heteroatoms. The zero-order valence-electron chi connectivity index (χ0n) is 22.2. The molecule has 1 N–H and O–H groups in total. The molecule has 3 fully saturated rings. The highest BCUT2D eigenvalue weighted by Gasteiger charge is 2.51. The Morgan fingerprint density at radius 2 is 1.98 bits per heavy atom. The summed E-state index contributed by atoms with van der Waals surface area (Å²) in [6.45, 7) is 8.82. The molecule has 3 saturated heterocycles. The number of hydrogen-bond acceptors (Lipinski definition) is 10. The molecule has 7 rings (SSSR count). The lowest BCUT2D eigenvalue weighted by Gasteiger charge is -2.61. The van der Waals surface area contributed by atoms with E-state index in [0.717, 1.165) is 43.6 Å². The second-order valence-corrected chi connectivity index (χ2v) is 12.1. The molecule has 0 saturated carbocycles. The third-order valence-corrected chi connectivity index (χ3v) is 9.30. The fourth-order valence-corrected chi connectivity index (χ4v) is 7.16. The smallest absolute Gasteiger partial charge is 0.275 e. The SMILES string of the molecule is CCN1CC2(C1)CN(c1ccc(Nc3ncc(F)c(-c4cc5c(=O)n(C)nc(C6CN(C=O)C6)c5s4)n3)nc1)C2. The number of likely N-dealkylation sites (tertiary alicyclic amines) is 2. The van der Waals surface area contributed by atoms with E-state index in [2.05, 4.69) is 42.1 Å². The Labute approximate surface area is 233 Å². The van der Waals surface area contributed by atoms with Crippen LogP contribution in [0.25, 0.3) is 20.7 Å². The lowest BCUT2D eigenvalue weighted by Crippen LogP contribution is -2.72. The van der Waals surface area contributed by atoms with Crippen LogP contribution >= 0.6 is 11.3 Å². The summed E-state index contributed by atoms with van der Waals surface area (Å²) >= 11 is 1.27. The van der Waals surface area contributed by atoms with E-state index in [4.69, 9.17) is 0 Å². The summed E-state index contributed by atoms with van der Waals surface area (Å²) in [7, 11) is 1.59. The number of halogens is 1. The van der Waals surface area contributed by atoms with Crippen molar-refractivity contribution in [2.24, 2.45) is 12.5 Å². The molecule has 1 spiro atoms. The molecule has 3 aliphatic rings. The number of carbonyl (C=O) groups is 1. The largest absolute Gasteiger partial charge is 0.369 e. The van der Waals surface area contributed by atoms with Gasteiger partial charge >= 0.3 is 0 Å². The van der Waals surface area contributed by atoms with E-state index in [1.165, 1.54) is 29.1 Å². The second-order valence-electron chi connectivity index (χ2n) is 11.0. The van der Waals surface area contributed by atoms with Crippen molar-refractivity contribution < 1.29 is 9.18 Å². The van der Waals surface area contributed by atoms with Gasteiger partial charge in [0.15, 0.2) is 5.82 Å². The molecule has 0 radical (unpaired) electrons. The van der Waals surface area contributed by atoms with Gasteiger partial charge in [-0.05, 0) is 24.7 Å². The van der Waals surface area contributed by atoms with Gasteiger partial charge in [-0.25, -0.2) is 24.0 Å². The summed E-state index contributed by atoms with van der Waals surface area (Å²) in [5, 5.41) is 8.00. The van der Waals surface area contributed by atoms with Gasteiger partial charge < -0.3 is 20.0 Å². The number of hydrogen-bond donors (Lipinski definition) is 1. The van der Waals surface area contributed by atoms with Crippen LogP contribution in [-0.4, -0.2) is 86.8 Å². The second kappa shape index (κ2) is 9.30. The molecule has 4 aromatic rings. The molecule has 40 heavy (non-hydrogen) atoms. The molecular weight excluding hydrogens is 533 g/mol. The van der Waals surface area contributed by atoms with Crippen LogP contribution < -0.4 is 15.8 Å². The first kappa shape index (κ1) is 25.0. The van der Waals surface area contributed by atoms with Crippen LogP contribution in [0.5, 0.6) is 0 Å². The lowest BCUT2D eigenvalue weighted by molar-refractivity contribution is -0.122. The third-order valence-electron chi connectivity index (χ3n) is 8.14. The Hall–Kier alpha value is -3.97. The number of aromatic nitrogens is 5. The Balaban J connectivity index is 1.11. The summed E-state index contributed by atoms with van der Waals surface area (Å²) in [6, 6.07) is 5.55. The van der Waals surface area contributed by atoms with Gasteiger partial charge in [-0.2, -0.15) is 5.10 Å². The number of nitrogens with zero attached hydrogens (tertiary/aromatic N) is 8. The van der Waals surface area contributed by atoms with Gasteiger partial charge in [0.05, 0.1) is 38.7 Å². The van der Waals surface area contributed by atoms with Crippen molar-refractivity contribution in [3.63, 3.8) is 0 Å². The highest BCUT2D eigenvalue weighted by molar-refractivity contribution is 7.22. The van der Waals surface area contributed by atoms with E-state index >= 15 is 0 Å². The van der Waals surface area contributed by atoms with E-state index in [1.54, 1.807) is 18.0 Å². The van der Waals surface area contributed by atoms with Crippen molar-refractivity contribution in [2.75, 3.05) is 56.0 Å². The van der Waals surface area contributed by atoms with Gasteiger partial charge in [0, 0.05) is 57.6 Å². The number of anilines is 3. The molecule has 11 nitrogen and oxygen atoms in total. The topological polar surface area (TPSA) is 112 Å². The Kier molecular flexibility index (Phi) is 5.82. The predicted octanol–water partition coefficient (Wildman–Crippen LogP) is 2.43. The Morgan fingerprint density at radius 1 is 1.18 bits per heavy atom. The van der Waals surface area contributed by atoms with Crippen molar-refractivity contribution in [2.45, 2.75) is 12.8 Å². The van der Waals surface area contributed by atoms with Gasteiger partial charge in [-0.3, -0.25) is 9.59 Å². The van der Waals surface area contributed by atoms with Crippen molar-refractivity contribution >= 4 is 45.3 Å². The number of nitrogens with one attached hydrogen (secondary N) is 1. The number of amides is 1. The number of pyridine rings is 1. The van der Waals surface area contributed by atoms with E-state index in [1.807, 2.05) is 18.3 Å². The minimum atomic E-state index is -0.591. The van der Waals surface area contributed by atoms with Crippen molar-refractivity contribution in [1.29, 1.82) is 0 Å². The summed E-state index contributed by atoms with van der Waals surface area (Å²) in [4.78, 5) is 43.9. The molecule has 206 valence electrons. The van der Waals surface area contributed by atoms with Gasteiger partial charge in [0.25, 0.3) is 5.56 Å². The van der Waals surface area contributed by atoms with Crippen LogP contribution in [0.4, 0.5) is 21.8 Å². The molecule has 7 heterocycles. The maximum absolute atomic E-state index is 15.0. The zero-order valence-corrected chi connectivity index (χ0v) is 23.0. The predicted molar refractivity (Wildman–Crippen MR) is 151 cm³/mol. The van der Waals surface area contributed by atoms with Crippen molar-refractivity contribution in [1.82, 2.24) is 34.5 Å². The van der Waals surface area contributed by atoms with Gasteiger partial charge in [-0.15, -0.1) is 11.3 Å².